The standard InChI is InChI=1S/C26H19ClN6O3/c27-18-12-6-4-10-16(18)24(34)29-21-14-20(32-33-21)25(35)31-23-26(36)28-19-13-7-5-11-17(19)22(30-23)15-8-2-1-3-9-15/h1-14,23H,(H,28,36)(H,31,35)(H2,29,32,33,34). The van der Waals surface area contributed by atoms with Gasteiger partial charge in [-0.3, -0.25) is 19.5 Å². The molecule has 0 aliphatic carbocycles. The first-order chi connectivity index (χ1) is 17.5. The number of nitrogens with one attached hydrogen (secondary N) is 4. The number of benzene rings is 3. The van der Waals surface area contributed by atoms with Gasteiger partial charge in [0.05, 0.1) is 22.0 Å². The third-order valence-corrected chi connectivity index (χ3v) is 5.77. The number of hydrogen-bond donors (Lipinski definition) is 4. The zero-order valence-electron chi connectivity index (χ0n) is 18.7. The molecule has 9 nitrogen and oxygen atoms in total. The number of fused-ring (bicyclic) bond motifs is 1. The molecule has 1 aliphatic heterocycles. The minimum absolute atomic E-state index is 0.0375. The highest BCUT2D eigenvalue weighted by Crippen LogP contribution is 2.24. The van der Waals surface area contributed by atoms with Crippen molar-refractivity contribution in [3.8, 4) is 0 Å². The molecule has 2 heterocycles. The van der Waals surface area contributed by atoms with Crippen LogP contribution in [0.25, 0.3) is 0 Å². The van der Waals surface area contributed by atoms with Crippen LogP contribution in [0.5, 0.6) is 0 Å². The summed E-state index contributed by atoms with van der Waals surface area (Å²) in [6, 6.07) is 24.6. The van der Waals surface area contributed by atoms with E-state index in [1.54, 1.807) is 30.3 Å². The van der Waals surface area contributed by atoms with Gasteiger partial charge in [-0.2, -0.15) is 5.10 Å². The summed E-state index contributed by atoms with van der Waals surface area (Å²) < 4.78 is 0. The van der Waals surface area contributed by atoms with Crippen molar-refractivity contribution in [2.45, 2.75) is 6.17 Å². The van der Waals surface area contributed by atoms with E-state index in [9.17, 15) is 14.4 Å². The van der Waals surface area contributed by atoms with Crippen LogP contribution in [0.3, 0.4) is 0 Å². The van der Waals surface area contributed by atoms with E-state index in [-0.39, 0.29) is 22.1 Å². The van der Waals surface area contributed by atoms with Crippen LogP contribution in [0, 0.1) is 0 Å². The third-order valence-electron chi connectivity index (χ3n) is 5.44. The highest BCUT2D eigenvalue weighted by atomic mass is 35.5. The molecule has 1 aromatic heterocycles. The Kier molecular flexibility index (Phi) is 6.29. The van der Waals surface area contributed by atoms with Crippen molar-refractivity contribution >= 4 is 46.5 Å². The molecule has 10 heteroatoms. The number of halogens is 1. The van der Waals surface area contributed by atoms with E-state index in [0.29, 0.717) is 11.4 Å². The maximum Gasteiger partial charge on any atom is 0.271 e. The summed E-state index contributed by atoms with van der Waals surface area (Å²) in [7, 11) is 0. The molecule has 3 amide bonds. The molecule has 0 bridgehead atoms. The smallest absolute Gasteiger partial charge is 0.271 e. The van der Waals surface area contributed by atoms with Crippen molar-refractivity contribution in [2.24, 2.45) is 4.99 Å². The number of anilines is 2. The van der Waals surface area contributed by atoms with Crippen molar-refractivity contribution in [1.29, 1.82) is 0 Å². The Bertz CT molecular complexity index is 1500. The molecule has 1 unspecified atom stereocenters. The van der Waals surface area contributed by atoms with E-state index in [1.807, 2.05) is 48.5 Å². The number of benzodiazepines with no additional fused rings is 1. The summed E-state index contributed by atoms with van der Waals surface area (Å²) in [6.07, 6.45) is -1.20. The van der Waals surface area contributed by atoms with Gasteiger partial charge in [-0.05, 0) is 18.2 Å². The van der Waals surface area contributed by atoms with Crippen LogP contribution in [-0.4, -0.2) is 39.8 Å². The number of amides is 3. The van der Waals surface area contributed by atoms with Gasteiger partial charge in [0.1, 0.15) is 5.69 Å². The minimum Gasteiger partial charge on any atom is -0.322 e. The Morgan fingerprint density at radius 3 is 2.42 bits per heavy atom. The van der Waals surface area contributed by atoms with Crippen LogP contribution in [-0.2, 0) is 4.79 Å². The lowest BCUT2D eigenvalue weighted by Gasteiger charge is -2.12. The van der Waals surface area contributed by atoms with Crippen LogP contribution in [0.15, 0.2) is 89.9 Å². The molecule has 0 saturated heterocycles. The number of carbonyl (C=O) groups is 3. The quantitative estimate of drug-likeness (QED) is 0.333. The summed E-state index contributed by atoms with van der Waals surface area (Å²) in [5.41, 5.74) is 2.99. The summed E-state index contributed by atoms with van der Waals surface area (Å²) in [5.74, 6) is -1.47. The highest BCUT2D eigenvalue weighted by molar-refractivity contribution is 6.34. The van der Waals surface area contributed by atoms with Gasteiger partial charge in [0.25, 0.3) is 17.7 Å². The molecule has 0 radical (unpaired) electrons. The first-order valence-corrected chi connectivity index (χ1v) is 11.3. The first kappa shape index (κ1) is 23.0. The molecule has 178 valence electrons. The average Bonchev–Trinajstić information content (AvgIpc) is 3.31. The topological polar surface area (TPSA) is 128 Å². The van der Waals surface area contributed by atoms with E-state index in [1.165, 1.54) is 6.07 Å². The first-order valence-electron chi connectivity index (χ1n) is 11.0. The minimum atomic E-state index is -1.20. The van der Waals surface area contributed by atoms with Crippen molar-refractivity contribution in [3.05, 3.63) is 112 Å². The van der Waals surface area contributed by atoms with E-state index >= 15 is 0 Å². The van der Waals surface area contributed by atoms with Gasteiger partial charge >= 0.3 is 0 Å². The maximum absolute atomic E-state index is 12.9. The molecular weight excluding hydrogens is 480 g/mol. The third kappa shape index (κ3) is 4.73. The Balaban J connectivity index is 1.37. The molecule has 0 spiro atoms. The number of aromatic nitrogens is 2. The number of rotatable bonds is 5. The van der Waals surface area contributed by atoms with Gasteiger partial charge < -0.3 is 16.0 Å². The van der Waals surface area contributed by atoms with E-state index in [2.05, 4.69) is 31.1 Å². The Morgan fingerprint density at radius 2 is 1.61 bits per heavy atom. The highest BCUT2D eigenvalue weighted by Gasteiger charge is 2.28. The molecular formula is C26H19ClN6O3. The Hall–Kier alpha value is -4.76. The predicted molar refractivity (Wildman–Crippen MR) is 136 cm³/mol. The van der Waals surface area contributed by atoms with Gasteiger partial charge in [-0.15, -0.1) is 0 Å². The molecule has 36 heavy (non-hydrogen) atoms. The second kappa shape index (κ2) is 9.85. The van der Waals surface area contributed by atoms with Gasteiger partial charge in [0.15, 0.2) is 5.82 Å². The normalized spacial score (nSPS) is 14.6. The van der Waals surface area contributed by atoms with Crippen molar-refractivity contribution in [2.75, 3.05) is 10.6 Å². The zero-order valence-corrected chi connectivity index (χ0v) is 19.4. The number of H-pyrrole nitrogens is 1. The Morgan fingerprint density at radius 1 is 0.889 bits per heavy atom. The fourth-order valence-electron chi connectivity index (χ4n) is 3.71. The average molecular weight is 499 g/mol. The van der Waals surface area contributed by atoms with Crippen molar-refractivity contribution in [3.63, 3.8) is 0 Å². The van der Waals surface area contributed by atoms with Crippen LogP contribution in [0.2, 0.25) is 5.02 Å². The molecule has 5 rings (SSSR count). The van der Waals surface area contributed by atoms with E-state index < -0.39 is 23.9 Å². The summed E-state index contributed by atoms with van der Waals surface area (Å²) in [4.78, 5) is 42.9. The molecule has 4 N–H and O–H groups in total. The number of aromatic amines is 1. The summed E-state index contributed by atoms with van der Waals surface area (Å²) in [6.45, 7) is 0. The van der Waals surface area contributed by atoms with E-state index in [0.717, 1.165) is 11.1 Å². The summed E-state index contributed by atoms with van der Waals surface area (Å²) >= 11 is 6.06. The summed E-state index contributed by atoms with van der Waals surface area (Å²) in [5, 5.41) is 14.8. The fourth-order valence-corrected chi connectivity index (χ4v) is 3.94. The molecule has 0 saturated carbocycles. The number of nitrogens with zero attached hydrogens (tertiary/aromatic N) is 2. The largest absolute Gasteiger partial charge is 0.322 e. The van der Waals surface area contributed by atoms with Crippen LogP contribution in [0.4, 0.5) is 11.5 Å². The van der Waals surface area contributed by atoms with Gasteiger partial charge in [0.2, 0.25) is 6.17 Å². The van der Waals surface area contributed by atoms with Gasteiger partial charge in [0, 0.05) is 17.2 Å². The molecule has 1 atom stereocenters. The Labute approximate surface area is 210 Å². The van der Waals surface area contributed by atoms with Crippen molar-refractivity contribution in [1.82, 2.24) is 15.5 Å². The zero-order chi connectivity index (χ0) is 25.1. The SMILES string of the molecule is O=C(NC1N=C(c2ccccc2)c2ccccc2NC1=O)c1cc(NC(=O)c2ccccc2Cl)n[nH]1. The monoisotopic (exact) mass is 498 g/mol. The maximum atomic E-state index is 12.9. The lowest BCUT2D eigenvalue weighted by Crippen LogP contribution is -2.42. The lowest BCUT2D eigenvalue weighted by molar-refractivity contribution is -0.117. The van der Waals surface area contributed by atoms with Crippen molar-refractivity contribution < 1.29 is 14.4 Å². The molecule has 1 aliphatic rings. The predicted octanol–water partition coefficient (Wildman–Crippen LogP) is 3.86. The van der Waals surface area contributed by atoms with Crippen LogP contribution in [0.1, 0.15) is 32.0 Å². The molecule has 3 aromatic carbocycles. The molecule has 4 aromatic rings. The number of carbonyl (C=O) groups excluding carboxylic acids is 3. The number of aliphatic imine (C=N–C) groups is 1. The molecule has 0 fully saturated rings. The second-order valence-corrected chi connectivity index (χ2v) is 8.26. The van der Waals surface area contributed by atoms with Crippen LogP contribution < -0.4 is 16.0 Å². The fraction of sp³-hybridized carbons (Fsp3) is 0.0385. The lowest BCUT2D eigenvalue weighted by atomic mass is 10.0. The number of para-hydroxylation sites is 1. The van der Waals surface area contributed by atoms with E-state index in [4.69, 9.17) is 11.6 Å². The van der Waals surface area contributed by atoms with Gasteiger partial charge in [-0.1, -0.05) is 72.3 Å². The van der Waals surface area contributed by atoms with Crippen LogP contribution >= 0.6 is 11.6 Å². The number of hydrogen-bond acceptors (Lipinski definition) is 5. The van der Waals surface area contributed by atoms with Gasteiger partial charge in [-0.25, -0.2) is 4.99 Å². The second-order valence-electron chi connectivity index (χ2n) is 7.86.